The molecule has 1 saturated carbocycles. The third kappa shape index (κ3) is 3.80. The van der Waals surface area contributed by atoms with Crippen molar-refractivity contribution >= 4 is 0 Å². The maximum Gasteiger partial charge on any atom is 0.224 e. The number of nitrogens with one attached hydrogen (secondary N) is 1. The first-order valence-corrected chi connectivity index (χ1v) is 6.97. The van der Waals surface area contributed by atoms with Crippen LogP contribution in [0.2, 0.25) is 0 Å². The van der Waals surface area contributed by atoms with Gasteiger partial charge in [-0.2, -0.15) is 0 Å². The second kappa shape index (κ2) is 7.28. The van der Waals surface area contributed by atoms with Gasteiger partial charge in [0.2, 0.25) is 11.8 Å². The molecule has 0 aromatic carbocycles. The minimum absolute atomic E-state index is 0.586. The second-order valence-electron chi connectivity index (χ2n) is 5.01. The van der Waals surface area contributed by atoms with E-state index in [2.05, 4.69) is 15.3 Å². The summed E-state index contributed by atoms with van der Waals surface area (Å²) in [5.74, 6) is 1.97. The molecule has 19 heavy (non-hydrogen) atoms. The fraction of sp³-hybridized carbons (Fsp3) is 0.714. The SMILES string of the molecule is COc1ncnc(OC)c1CNCC1CCCCC1. The number of rotatable bonds is 6. The van der Waals surface area contributed by atoms with Crippen LogP contribution in [0.3, 0.4) is 0 Å². The molecule has 0 saturated heterocycles. The van der Waals surface area contributed by atoms with E-state index in [4.69, 9.17) is 9.47 Å². The van der Waals surface area contributed by atoms with Crippen molar-refractivity contribution in [3.63, 3.8) is 0 Å². The third-order valence-electron chi connectivity index (χ3n) is 3.71. The van der Waals surface area contributed by atoms with Gasteiger partial charge >= 0.3 is 0 Å². The summed E-state index contributed by atoms with van der Waals surface area (Å²) in [5.41, 5.74) is 0.892. The average molecular weight is 265 g/mol. The first-order valence-electron chi connectivity index (χ1n) is 6.97. The molecular formula is C14H23N3O2. The first kappa shape index (κ1) is 14.1. The van der Waals surface area contributed by atoms with E-state index in [-0.39, 0.29) is 0 Å². The smallest absolute Gasteiger partial charge is 0.224 e. The molecule has 0 unspecified atom stereocenters. The molecule has 5 heteroatoms. The molecule has 0 spiro atoms. The Kier molecular flexibility index (Phi) is 5.39. The first-order chi connectivity index (χ1) is 9.35. The van der Waals surface area contributed by atoms with Gasteiger partial charge in [-0.15, -0.1) is 0 Å². The summed E-state index contributed by atoms with van der Waals surface area (Å²) in [5, 5.41) is 3.48. The Morgan fingerprint density at radius 2 is 1.74 bits per heavy atom. The van der Waals surface area contributed by atoms with E-state index in [9.17, 15) is 0 Å². The summed E-state index contributed by atoms with van der Waals surface area (Å²) in [7, 11) is 3.23. The molecular weight excluding hydrogens is 242 g/mol. The van der Waals surface area contributed by atoms with E-state index in [1.165, 1.54) is 38.4 Å². The van der Waals surface area contributed by atoms with Gasteiger partial charge in [-0.3, -0.25) is 0 Å². The highest BCUT2D eigenvalue weighted by Gasteiger charge is 2.15. The van der Waals surface area contributed by atoms with Crippen molar-refractivity contribution in [1.82, 2.24) is 15.3 Å². The minimum Gasteiger partial charge on any atom is -0.481 e. The fourth-order valence-corrected chi connectivity index (χ4v) is 2.68. The standard InChI is InChI=1S/C14H23N3O2/c1-18-13-12(14(19-2)17-10-16-13)9-15-8-11-6-4-3-5-7-11/h10-11,15H,3-9H2,1-2H3. The lowest BCUT2D eigenvalue weighted by atomic mass is 9.89. The zero-order chi connectivity index (χ0) is 13.5. The molecule has 0 radical (unpaired) electrons. The molecule has 5 nitrogen and oxygen atoms in total. The van der Waals surface area contributed by atoms with Gasteiger partial charge in [0, 0.05) is 6.54 Å². The Balaban J connectivity index is 1.90. The summed E-state index contributed by atoms with van der Waals surface area (Å²) < 4.78 is 10.5. The highest BCUT2D eigenvalue weighted by Crippen LogP contribution is 2.25. The Bertz CT molecular complexity index is 370. The van der Waals surface area contributed by atoms with Gasteiger partial charge in [-0.25, -0.2) is 9.97 Å². The van der Waals surface area contributed by atoms with Crippen molar-refractivity contribution < 1.29 is 9.47 Å². The van der Waals surface area contributed by atoms with Crippen LogP contribution < -0.4 is 14.8 Å². The predicted octanol–water partition coefficient (Wildman–Crippen LogP) is 2.16. The van der Waals surface area contributed by atoms with Crippen molar-refractivity contribution in [2.75, 3.05) is 20.8 Å². The van der Waals surface area contributed by atoms with Gasteiger partial charge < -0.3 is 14.8 Å². The van der Waals surface area contributed by atoms with Crippen molar-refractivity contribution in [2.24, 2.45) is 5.92 Å². The van der Waals surface area contributed by atoms with E-state index >= 15 is 0 Å². The van der Waals surface area contributed by atoms with E-state index in [1.807, 2.05) is 0 Å². The van der Waals surface area contributed by atoms with Crippen LogP contribution in [0, 0.1) is 5.92 Å². The highest BCUT2D eigenvalue weighted by molar-refractivity contribution is 5.34. The maximum absolute atomic E-state index is 5.26. The Hall–Kier alpha value is -1.36. The molecule has 1 fully saturated rings. The molecule has 1 aromatic heterocycles. The Morgan fingerprint density at radius 1 is 1.11 bits per heavy atom. The number of hydrogen-bond donors (Lipinski definition) is 1. The van der Waals surface area contributed by atoms with E-state index in [0.29, 0.717) is 18.3 Å². The molecule has 1 aliphatic rings. The lowest BCUT2D eigenvalue weighted by Gasteiger charge is -2.22. The second-order valence-corrected chi connectivity index (χ2v) is 5.01. The molecule has 0 amide bonds. The minimum atomic E-state index is 0.586. The lowest BCUT2D eigenvalue weighted by Crippen LogP contribution is -2.24. The summed E-state index contributed by atoms with van der Waals surface area (Å²) >= 11 is 0. The largest absolute Gasteiger partial charge is 0.481 e. The third-order valence-corrected chi connectivity index (χ3v) is 3.71. The van der Waals surface area contributed by atoms with Crippen LogP contribution in [0.1, 0.15) is 37.7 Å². The van der Waals surface area contributed by atoms with Gasteiger partial charge in [0.25, 0.3) is 0 Å². The number of methoxy groups -OCH3 is 2. The number of ether oxygens (including phenoxy) is 2. The van der Waals surface area contributed by atoms with Crippen molar-refractivity contribution in [3.05, 3.63) is 11.9 Å². The summed E-state index contributed by atoms with van der Waals surface area (Å²) in [4.78, 5) is 8.24. The van der Waals surface area contributed by atoms with Crippen LogP contribution in [0.4, 0.5) is 0 Å². The van der Waals surface area contributed by atoms with Crippen LogP contribution in [-0.4, -0.2) is 30.7 Å². The highest BCUT2D eigenvalue weighted by atomic mass is 16.5. The molecule has 0 atom stereocenters. The quantitative estimate of drug-likeness (QED) is 0.854. The zero-order valence-corrected chi connectivity index (χ0v) is 11.8. The van der Waals surface area contributed by atoms with E-state index in [0.717, 1.165) is 18.0 Å². The van der Waals surface area contributed by atoms with Crippen molar-refractivity contribution in [2.45, 2.75) is 38.6 Å². The van der Waals surface area contributed by atoms with Gasteiger partial charge in [-0.05, 0) is 25.3 Å². The molecule has 0 aliphatic heterocycles. The normalized spacial score (nSPS) is 16.3. The Labute approximate surface area is 114 Å². The fourth-order valence-electron chi connectivity index (χ4n) is 2.68. The molecule has 2 rings (SSSR count). The van der Waals surface area contributed by atoms with Crippen molar-refractivity contribution in [1.29, 1.82) is 0 Å². The van der Waals surface area contributed by atoms with Crippen LogP contribution in [0.25, 0.3) is 0 Å². The summed E-state index contributed by atoms with van der Waals surface area (Å²) in [6, 6.07) is 0. The topological polar surface area (TPSA) is 56.3 Å². The van der Waals surface area contributed by atoms with Crippen LogP contribution >= 0.6 is 0 Å². The molecule has 1 aliphatic carbocycles. The summed E-state index contributed by atoms with van der Waals surface area (Å²) in [6.07, 6.45) is 8.27. The molecule has 1 N–H and O–H groups in total. The van der Waals surface area contributed by atoms with Gasteiger partial charge in [0.05, 0.1) is 19.8 Å². The maximum atomic E-state index is 5.26. The molecule has 1 aromatic rings. The number of hydrogen-bond acceptors (Lipinski definition) is 5. The molecule has 0 bridgehead atoms. The predicted molar refractivity (Wildman–Crippen MR) is 73.4 cm³/mol. The number of nitrogens with zero attached hydrogens (tertiary/aromatic N) is 2. The van der Waals surface area contributed by atoms with Crippen LogP contribution in [0.5, 0.6) is 11.8 Å². The zero-order valence-electron chi connectivity index (χ0n) is 11.8. The summed E-state index contributed by atoms with van der Waals surface area (Å²) in [6.45, 7) is 1.73. The van der Waals surface area contributed by atoms with Gasteiger partial charge in [-0.1, -0.05) is 19.3 Å². The molecule has 106 valence electrons. The van der Waals surface area contributed by atoms with E-state index < -0.39 is 0 Å². The van der Waals surface area contributed by atoms with Gasteiger partial charge in [0.15, 0.2) is 0 Å². The molecule has 1 heterocycles. The monoisotopic (exact) mass is 265 g/mol. The number of aromatic nitrogens is 2. The van der Waals surface area contributed by atoms with Crippen molar-refractivity contribution in [3.8, 4) is 11.8 Å². The van der Waals surface area contributed by atoms with E-state index in [1.54, 1.807) is 14.2 Å². The lowest BCUT2D eigenvalue weighted by molar-refractivity contribution is 0.333. The Morgan fingerprint density at radius 3 is 2.32 bits per heavy atom. The van der Waals surface area contributed by atoms with Crippen LogP contribution in [-0.2, 0) is 6.54 Å². The van der Waals surface area contributed by atoms with Crippen LogP contribution in [0.15, 0.2) is 6.33 Å². The van der Waals surface area contributed by atoms with Gasteiger partial charge in [0.1, 0.15) is 6.33 Å². The average Bonchev–Trinajstić information content (AvgIpc) is 2.48.